The number of para-hydroxylation sites is 1. The van der Waals surface area contributed by atoms with Gasteiger partial charge in [-0.25, -0.2) is 8.78 Å². The van der Waals surface area contributed by atoms with Crippen LogP contribution < -0.4 is 5.56 Å². The summed E-state index contributed by atoms with van der Waals surface area (Å²) in [5.41, 5.74) is -0.721. The second kappa shape index (κ2) is 3.97. The first-order chi connectivity index (χ1) is 7.59. The van der Waals surface area contributed by atoms with Crippen molar-refractivity contribution in [2.45, 2.75) is 0 Å². The molecule has 0 spiro atoms. The van der Waals surface area contributed by atoms with Crippen LogP contribution in [0.5, 0.6) is 0 Å². The van der Waals surface area contributed by atoms with E-state index in [1.165, 1.54) is 12.3 Å². The van der Waals surface area contributed by atoms with Gasteiger partial charge in [0.15, 0.2) is 4.77 Å². The van der Waals surface area contributed by atoms with Crippen LogP contribution in [0.15, 0.2) is 35.3 Å². The van der Waals surface area contributed by atoms with Gasteiger partial charge in [0, 0.05) is 12.3 Å². The van der Waals surface area contributed by atoms with Crippen molar-refractivity contribution in [1.29, 1.82) is 0 Å². The predicted molar refractivity (Wildman–Crippen MR) is 57.1 cm³/mol. The van der Waals surface area contributed by atoms with Gasteiger partial charge in [0.05, 0.1) is 0 Å². The first-order valence-corrected chi connectivity index (χ1v) is 4.77. The van der Waals surface area contributed by atoms with E-state index in [9.17, 15) is 13.6 Å². The molecule has 2 rings (SSSR count). The Balaban J connectivity index is 2.78. The van der Waals surface area contributed by atoms with E-state index < -0.39 is 17.2 Å². The maximum absolute atomic E-state index is 13.4. The molecule has 3 nitrogen and oxygen atoms in total. The minimum absolute atomic E-state index is 0.0588. The van der Waals surface area contributed by atoms with E-state index in [2.05, 4.69) is 4.98 Å². The molecule has 0 amide bonds. The number of rotatable bonds is 1. The molecule has 0 atom stereocenters. The largest absolute Gasteiger partial charge is 0.299 e. The maximum atomic E-state index is 13.4. The second-order valence-corrected chi connectivity index (χ2v) is 3.44. The monoisotopic (exact) mass is 240 g/mol. The summed E-state index contributed by atoms with van der Waals surface area (Å²) >= 11 is 4.81. The fraction of sp³-hybridized carbons (Fsp3) is 0. The molecule has 0 aliphatic carbocycles. The number of benzene rings is 1. The zero-order valence-electron chi connectivity index (χ0n) is 7.91. The van der Waals surface area contributed by atoms with Gasteiger partial charge in [0.1, 0.15) is 17.3 Å². The number of aromatic amines is 1. The number of halogens is 2. The Labute approximate surface area is 94.0 Å². The lowest BCUT2D eigenvalue weighted by Gasteiger charge is -2.07. The first-order valence-electron chi connectivity index (χ1n) is 4.36. The average Bonchev–Trinajstić information content (AvgIpc) is 2.20. The Morgan fingerprint density at radius 2 is 1.81 bits per heavy atom. The molecule has 82 valence electrons. The fourth-order valence-corrected chi connectivity index (χ4v) is 1.57. The zero-order valence-corrected chi connectivity index (χ0v) is 8.72. The van der Waals surface area contributed by atoms with Crippen LogP contribution in [0.3, 0.4) is 0 Å². The SMILES string of the molecule is O=c1ccn(-c2c(F)cccc2F)c(=S)[nH]1. The number of hydrogen-bond donors (Lipinski definition) is 1. The van der Waals surface area contributed by atoms with Crippen molar-refractivity contribution in [2.24, 2.45) is 0 Å². The van der Waals surface area contributed by atoms with Crippen molar-refractivity contribution < 1.29 is 8.78 Å². The van der Waals surface area contributed by atoms with Crippen LogP contribution in [0.2, 0.25) is 0 Å². The topological polar surface area (TPSA) is 37.8 Å². The molecule has 0 fully saturated rings. The highest BCUT2D eigenvalue weighted by atomic mass is 32.1. The van der Waals surface area contributed by atoms with Gasteiger partial charge in [-0.3, -0.25) is 14.3 Å². The second-order valence-electron chi connectivity index (χ2n) is 3.05. The van der Waals surface area contributed by atoms with Crippen molar-refractivity contribution in [3.8, 4) is 5.69 Å². The van der Waals surface area contributed by atoms with Crippen molar-refractivity contribution in [2.75, 3.05) is 0 Å². The molecule has 0 unspecified atom stereocenters. The van der Waals surface area contributed by atoms with Gasteiger partial charge in [-0.15, -0.1) is 0 Å². The minimum Gasteiger partial charge on any atom is -0.299 e. The number of nitrogens with one attached hydrogen (secondary N) is 1. The lowest BCUT2D eigenvalue weighted by molar-refractivity contribution is 0.566. The molecule has 1 N–H and O–H groups in total. The van der Waals surface area contributed by atoms with Crippen LogP contribution in [0.4, 0.5) is 8.78 Å². The third-order valence-corrected chi connectivity index (χ3v) is 2.30. The summed E-state index contributed by atoms with van der Waals surface area (Å²) in [6.45, 7) is 0. The molecular formula is C10H6F2N2OS. The Kier molecular flexibility index (Phi) is 2.66. The van der Waals surface area contributed by atoms with Crippen LogP contribution >= 0.6 is 12.2 Å². The molecule has 0 saturated carbocycles. The first kappa shape index (κ1) is 10.7. The van der Waals surface area contributed by atoms with E-state index >= 15 is 0 Å². The van der Waals surface area contributed by atoms with E-state index in [-0.39, 0.29) is 10.5 Å². The number of H-pyrrole nitrogens is 1. The number of nitrogens with zero attached hydrogens (tertiary/aromatic N) is 1. The molecule has 1 heterocycles. The smallest absolute Gasteiger partial charge is 0.251 e. The van der Waals surface area contributed by atoms with E-state index in [0.29, 0.717) is 0 Å². The van der Waals surface area contributed by atoms with E-state index in [1.54, 1.807) is 0 Å². The Hall–Kier alpha value is -1.82. The summed E-state index contributed by atoms with van der Waals surface area (Å²) in [5, 5.41) is 0. The number of aromatic nitrogens is 2. The Bertz CT molecular complexity index is 628. The van der Waals surface area contributed by atoms with Gasteiger partial charge in [-0.05, 0) is 24.4 Å². The zero-order chi connectivity index (χ0) is 11.7. The highest BCUT2D eigenvalue weighted by Gasteiger charge is 2.10. The third-order valence-electron chi connectivity index (χ3n) is 2.00. The molecule has 0 saturated heterocycles. The molecule has 0 aliphatic heterocycles. The quantitative estimate of drug-likeness (QED) is 0.776. The van der Waals surface area contributed by atoms with Crippen LogP contribution in [-0.4, -0.2) is 9.55 Å². The lowest BCUT2D eigenvalue weighted by atomic mass is 10.3. The summed E-state index contributed by atoms with van der Waals surface area (Å²) in [7, 11) is 0. The van der Waals surface area contributed by atoms with Crippen molar-refractivity contribution in [3.05, 3.63) is 57.2 Å². The molecule has 0 radical (unpaired) electrons. The van der Waals surface area contributed by atoms with Crippen LogP contribution in [-0.2, 0) is 0 Å². The summed E-state index contributed by atoms with van der Waals surface area (Å²) in [5.74, 6) is -1.49. The van der Waals surface area contributed by atoms with Gasteiger partial charge >= 0.3 is 0 Å². The minimum atomic E-state index is -0.747. The van der Waals surface area contributed by atoms with E-state index in [4.69, 9.17) is 12.2 Å². The highest BCUT2D eigenvalue weighted by Crippen LogP contribution is 2.16. The predicted octanol–water partition coefficient (Wildman–Crippen LogP) is 2.17. The van der Waals surface area contributed by atoms with Gasteiger partial charge < -0.3 is 0 Å². The molecule has 1 aromatic carbocycles. The summed E-state index contributed by atoms with van der Waals surface area (Å²) < 4.78 is 27.8. The fourth-order valence-electron chi connectivity index (χ4n) is 1.31. The van der Waals surface area contributed by atoms with E-state index in [1.807, 2.05) is 0 Å². The maximum Gasteiger partial charge on any atom is 0.251 e. The molecule has 0 bridgehead atoms. The van der Waals surface area contributed by atoms with Gasteiger partial charge in [0.25, 0.3) is 5.56 Å². The standard InChI is InChI=1S/C10H6F2N2OS/c11-6-2-1-3-7(12)9(6)14-5-4-8(15)13-10(14)16/h1-5H,(H,13,15,16). The van der Waals surface area contributed by atoms with Crippen molar-refractivity contribution in [3.63, 3.8) is 0 Å². The van der Waals surface area contributed by atoms with Gasteiger partial charge in [-0.1, -0.05) is 6.07 Å². The highest BCUT2D eigenvalue weighted by molar-refractivity contribution is 7.71. The summed E-state index contributed by atoms with van der Waals surface area (Å²) in [4.78, 5) is 13.2. The molecule has 0 aliphatic rings. The Morgan fingerprint density at radius 3 is 2.38 bits per heavy atom. The van der Waals surface area contributed by atoms with Crippen LogP contribution in [0.1, 0.15) is 0 Å². The van der Waals surface area contributed by atoms with Crippen molar-refractivity contribution in [1.82, 2.24) is 9.55 Å². The van der Waals surface area contributed by atoms with E-state index in [0.717, 1.165) is 22.8 Å². The molecule has 1 aromatic heterocycles. The molecule has 6 heteroatoms. The molecular weight excluding hydrogens is 234 g/mol. The number of hydrogen-bond acceptors (Lipinski definition) is 2. The van der Waals surface area contributed by atoms with Gasteiger partial charge in [-0.2, -0.15) is 0 Å². The Morgan fingerprint density at radius 1 is 1.19 bits per heavy atom. The average molecular weight is 240 g/mol. The molecule has 2 aromatic rings. The lowest BCUT2D eigenvalue weighted by Crippen LogP contribution is -2.11. The van der Waals surface area contributed by atoms with Crippen LogP contribution in [0.25, 0.3) is 5.69 Å². The van der Waals surface area contributed by atoms with Gasteiger partial charge in [0.2, 0.25) is 0 Å². The summed E-state index contributed by atoms with van der Waals surface area (Å²) in [6, 6.07) is 4.63. The normalized spacial score (nSPS) is 10.4. The van der Waals surface area contributed by atoms with Crippen LogP contribution in [0, 0.1) is 16.4 Å². The van der Waals surface area contributed by atoms with Crippen molar-refractivity contribution >= 4 is 12.2 Å². The molecule has 16 heavy (non-hydrogen) atoms. The third kappa shape index (κ3) is 1.79. The summed E-state index contributed by atoms with van der Waals surface area (Å²) in [6.07, 6.45) is 1.22.